The highest BCUT2D eigenvalue weighted by atomic mass is 16.6. The summed E-state index contributed by atoms with van der Waals surface area (Å²) in [5.74, 6) is -0.572. The molecule has 0 aromatic carbocycles. The highest BCUT2D eigenvalue weighted by Gasteiger charge is 2.16. The van der Waals surface area contributed by atoms with Crippen LogP contribution in [0.15, 0.2) is 85.1 Å². The van der Waals surface area contributed by atoms with Crippen molar-refractivity contribution in [3.05, 3.63) is 85.1 Å². The summed E-state index contributed by atoms with van der Waals surface area (Å²) in [4.78, 5) is 24.7. The molecule has 1 atom stereocenters. The first kappa shape index (κ1) is 83.1. The van der Waals surface area contributed by atoms with Gasteiger partial charge in [0, 0.05) is 12.8 Å². The van der Waals surface area contributed by atoms with Gasteiger partial charge in [-0.25, -0.2) is 0 Å². The summed E-state index contributed by atoms with van der Waals surface area (Å²) < 4.78 is 10.8. The largest absolute Gasteiger partial charge is 0.462 e. The summed E-state index contributed by atoms with van der Waals surface area (Å²) in [7, 11) is 0. The van der Waals surface area contributed by atoms with Crippen LogP contribution in [0.1, 0.15) is 399 Å². The molecule has 0 bridgehead atoms. The minimum absolute atomic E-state index is 0.0630. The SMILES string of the molecule is CC/C=C\C/C=C\C/C=C\C/C=C\C/C=C\C/C=C\C/C=C\CCCCCCCCCCCCCCCCCC(=O)OC(CO)COC(=O)CCCCCCCCCCCCCCCCCCCCCCCCCCCCCCCCCCCCC. The van der Waals surface area contributed by atoms with E-state index < -0.39 is 6.10 Å². The molecule has 0 saturated heterocycles. The van der Waals surface area contributed by atoms with Crippen LogP contribution in [0.5, 0.6) is 0 Å². The van der Waals surface area contributed by atoms with Crippen molar-refractivity contribution in [1.29, 1.82) is 0 Å². The van der Waals surface area contributed by atoms with Gasteiger partial charge in [0.2, 0.25) is 0 Å². The Morgan fingerprint density at radius 2 is 0.500 bits per heavy atom. The lowest BCUT2D eigenvalue weighted by molar-refractivity contribution is -0.161. The van der Waals surface area contributed by atoms with Crippen LogP contribution in [0.25, 0.3) is 0 Å². The number of carbonyl (C=O) groups excluding carboxylic acids is 2. The average molecular weight is 1200 g/mol. The van der Waals surface area contributed by atoms with Crippen LogP contribution in [0, 0.1) is 0 Å². The quantitative estimate of drug-likeness (QED) is 0.0373. The number of carbonyl (C=O) groups is 2. The van der Waals surface area contributed by atoms with Crippen LogP contribution in [0.3, 0.4) is 0 Å². The number of ether oxygens (including phenoxy) is 2. The fourth-order valence-corrected chi connectivity index (χ4v) is 11.5. The molecule has 0 aliphatic rings. The fraction of sp³-hybridized carbons (Fsp3) is 0.802. The first-order chi connectivity index (χ1) is 42.6. The summed E-state index contributed by atoms with van der Waals surface area (Å²) in [6, 6.07) is 0. The third kappa shape index (κ3) is 73.5. The van der Waals surface area contributed by atoms with Crippen molar-refractivity contribution >= 4 is 11.9 Å². The Hall–Kier alpha value is -2.92. The lowest BCUT2D eigenvalue weighted by Gasteiger charge is -2.15. The van der Waals surface area contributed by atoms with Crippen LogP contribution in [-0.4, -0.2) is 36.4 Å². The average Bonchev–Trinajstić information content (AvgIpc) is 3.53. The molecular weight excluding hydrogens is 1050 g/mol. The highest BCUT2D eigenvalue weighted by Crippen LogP contribution is 2.19. The van der Waals surface area contributed by atoms with Gasteiger partial charge in [-0.1, -0.05) is 401 Å². The molecule has 0 rings (SSSR count). The Kier molecular flexibility index (Phi) is 73.7. The van der Waals surface area contributed by atoms with Crippen LogP contribution < -0.4 is 0 Å². The molecule has 0 aliphatic carbocycles. The zero-order chi connectivity index (χ0) is 61.9. The molecule has 86 heavy (non-hydrogen) atoms. The lowest BCUT2D eigenvalue weighted by atomic mass is 10.0. The van der Waals surface area contributed by atoms with Gasteiger partial charge in [0.25, 0.3) is 0 Å². The molecule has 5 nitrogen and oxygen atoms in total. The second-order valence-corrected chi connectivity index (χ2v) is 25.7. The molecule has 0 heterocycles. The van der Waals surface area contributed by atoms with Gasteiger partial charge in [0.15, 0.2) is 6.10 Å². The molecule has 0 radical (unpaired) electrons. The molecule has 1 N–H and O–H groups in total. The molecule has 0 spiro atoms. The van der Waals surface area contributed by atoms with Gasteiger partial charge < -0.3 is 14.6 Å². The van der Waals surface area contributed by atoms with Gasteiger partial charge in [-0.2, -0.15) is 0 Å². The predicted molar refractivity (Wildman–Crippen MR) is 380 cm³/mol. The highest BCUT2D eigenvalue weighted by molar-refractivity contribution is 5.70. The van der Waals surface area contributed by atoms with Crippen molar-refractivity contribution in [1.82, 2.24) is 0 Å². The molecule has 5 heteroatoms. The van der Waals surface area contributed by atoms with E-state index in [0.717, 1.165) is 83.5 Å². The molecule has 0 aliphatic heterocycles. The molecule has 1 unspecified atom stereocenters. The summed E-state index contributed by atoms with van der Waals surface area (Å²) in [6.45, 7) is 4.08. The first-order valence-corrected chi connectivity index (χ1v) is 38.1. The number of esters is 2. The molecule has 0 saturated carbocycles. The van der Waals surface area contributed by atoms with Crippen LogP contribution in [0.2, 0.25) is 0 Å². The topological polar surface area (TPSA) is 72.8 Å². The summed E-state index contributed by atoms with van der Waals surface area (Å²) in [5, 5.41) is 9.72. The minimum atomic E-state index is -0.775. The second kappa shape index (κ2) is 76.3. The molecular formula is C81H146O5. The predicted octanol–water partition coefficient (Wildman–Crippen LogP) is 26.8. The maximum atomic E-state index is 12.4. The van der Waals surface area contributed by atoms with Gasteiger partial charge in [-0.15, -0.1) is 0 Å². The van der Waals surface area contributed by atoms with Gasteiger partial charge in [0.1, 0.15) is 6.61 Å². The van der Waals surface area contributed by atoms with Crippen molar-refractivity contribution in [2.24, 2.45) is 0 Å². The van der Waals surface area contributed by atoms with Crippen molar-refractivity contribution in [3.63, 3.8) is 0 Å². The fourth-order valence-electron chi connectivity index (χ4n) is 11.5. The molecule has 0 fully saturated rings. The van der Waals surface area contributed by atoms with E-state index in [-0.39, 0.29) is 25.2 Å². The van der Waals surface area contributed by atoms with Gasteiger partial charge in [0.05, 0.1) is 6.61 Å². The smallest absolute Gasteiger partial charge is 0.306 e. The van der Waals surface area contributed by atoms with E-state index in [1.165, 1.54) is 289 Å². The van der Waals surface area contributed by atoms with Crippen molar-refractivity contribution in [2.45, 2.75) is 405 Å². The van der Waals surface area contributed by atoms with Crippen molar-refractivity contribution in [2.75, 3.05) is 13.2 Å². The number of rotatable bonds is 71. The van der Waals surface area contributed by atoms with Crippen molar-refractivity contribution in [3.8, 4) is 0 Å². The van der Waals surface area contributed by atoms with Gasteiger partial charge in [-0.05, 0) is 70.6 Å². The monoisotopic (exact) mass is 1200 g/mol. The molecule has 0 amide bonds. The minimum Gasteiger partial charge on any atom is -0.462 e. The number of allylic oxidation sites excluding steroid dienone is 14. The van der Waals surface area contributed by atoms with E-state index in [9.17, 15) is 14.7 Å². The Morgan fingerprint density at radius 1 is 0.279 bits per heavy atom. The number of aliphatic hydroxyl groups is 1. The Bertz CT molecular complexity index is 1550. The van der Waals surface area contributed by atoms with Crippen LogP contribution in [0.4, 0.5) is 0 Å². The normalized spacial score (nSPS) is 12.6. The van der Waals surface area contributed by atoms with E-state index in [1.54, 1.807) is 0 Å². The summed E-state index contributed by atoms with van der Waals surface area (Å²) in [5.41, 5.74) is 0. The van der Waals surface area contributed by atoms with E-state index in [2.05, 4.69) is 98.9 Å². The first-order valence-electron chi connectivity index (χ1n) is 38.1. The molecule has 500 valence electrons. The van der Waals surface area contributed by atoms with Gasteiger partial charge >= 0.3 is 11.9 Å². The molecule has 0 aromatic rings. The third-order valence-electron chi connectivity index (χ3n) is 17.2. The summed E-state index contributed by atoms with van der Waals surface area (Å²) >= 11 is 0. The maximum absolute atomic E-state index is 12.4. The van der Waals surface area contributed by atoms with Crippen LogP contribution >= 0.6 is 0 Å². The van der Waals surface area contributed by atoms with E-state index in [0.29, 0.717) is 12.8 Å². The standard InChI is InChI=1S/C81H146O5/c1-3-5-7-9-11-13-15-17-19-21-23-25-27-29-31-33-35-37-39-40-42-44-46-48-50-52-54-56-58-60-62-64-66-68-70-72-74-76-81(84)86-79(77-82)78-85-80(83)75-73-71-69-67-65-63-61-59-57-55-53-51-49-47-45-43-41-38-36-34-32-30-28-26-24-22-20-18-16-14-12-10-8-6-4-2/h5,7,11,13,17,19,23,25,29,31,35,37,40,42,79,82H,3-4,6,8-10,12,14-16,18,20-22,24,26-28,30,32-34,36,38-39,41,43-78H2,1-2H3/b7-5-,13-11-,19-17-,25-23-,31-29-,37-35-,42-40-. The zero-order valence-corrected chi connectivity index (χ0v) is 57.6. The van der Waals surface area contributed by atoms with Gasteiger partial charge in [-0.3, -0.25) is 9.59 Å². The number of aliphatic hydroxyl groups excluding tert-OH is 1. The molecule has 0 aromatic heterocycles. The van der Waals surface area contributed by atoms with Crippen LogP contribution in [-0.2, 0) is 19.1 Å². The maximum Gasteiger partial charge on any atom is 0.306 e. The van der Waals surface area contributed by atoms with E-state index in [4.69, 9.17) is 9.47 Å². The number of hydrogen-bond acceptors (Lipinski definition) is 5. The second-order valence-electron chi connectivity index (χ2n) is 25.7. The number of hydrogen-bond donors (Lipinski definition) is 1. The Morgan fingerprint density at radius 3 is 0.756 bits per heavy atom. The van der Waals surface area contributed by atoms with E-state index in [1.807, 2.05) is 0 Å². The zero-order valence-electron chi connectivity index (χ0n) is 57.6. The Balaban J connectivity index is 3.42. The summed E-state index contributed by atoms with van der Waals surface area (Å²) in [6.07, 6.45) is 108. The number of unbranched alkanes of at least 4 members (excludes halogenated alkanes) is 49. The lowest BCUT2D eigenvalue weighted by Crippen LogP contribution is -2.28. The Labute approximate surface area is 536 Å². The third-order valence-corrected chi connectivity index (χ3v) is 17.2. The van der Waals surface area contributed by atoms with E-state index >= 15 is 0 Å². The van der Waals surface area contributed by atoms with Crippen molar-refractivity contribution < 1.29 is 24.2 Å².